The number of aromatic nitrogens is 2. The summed E-state index contributed by atoms with van der Waals surface area (Å²) >= 11 is 5.90. The number of aliphatic hydroxyl groups is 1. The molecule has 8 heteroatoms. The zero-order valence-electron chi connectivity index (χ0n) is 12.1. The SMILES string of the molecule is OCc1cnc2ccc(Cl)nc2c1Nc1cccc(C(F)(F)F)c1. The van der Waals surface area contributed by atoms with Gasteiger partial charge in [0.2, 0.25) is 0 Å². The van der Waals surface area contributed by atoms with E-state index in [0.717, 1.165) is 12.1 Å². The van der Waals surface area contributed by atoms with Gasteiger partial charge in [-0.3, -0.25) is 4.98 Å². The fourth-order valence-corrected chi connectivity index (χ4v) is 2.40. The second kappa shape index (κ2) is 6.26. The van der Waals surface area contributed by atoms with Crippen molar-refractivity contribution < 1.29 is 18.3 Å². The maximum absolute atomic E-state index is 12.9. The average Bonchev–Trinajstić information content (AvgIpc) is 2.55. The van der Waals surface area contributed by atoms with Crippen molar-refractivity contribution in [3.8, 4) is 0 Å². The number of hydrogen-bond donors (Lipinski definition) is 2. The van der Waals surface area contributed by atoms with Crippen molar-refractivity contribution in [2.75, 3.05) is 5.32 Å². The molecule has 0 aliphatic rings. The summed E-state index contributed by atoms with van der Waals surface area (Å²) in [4.78, 5) is 8.31. The Morgan fingerprint density at radius 2 is 1.96 bits per heavy atom. The molecule has 0 saturated carbocycles. The molecule has 0 aliphatic carbocycles. The molecule has 24 heavy (non-hydrogen) atoms. The van der Waals surface area contributed by atoms with Gasteiger partial charge in [0.15, 0.2) is 0 Å². The lowest BCUT2D eigenvalue weighted by atomic mass is 10.1. The van der Waals surface area contributed by atoms with Crippen molar-refractivity contribution in [3.05, 3.63) is 58.9 Å². The number of pyridine rings is 2. The minimum absolute atomic E-state index is 0.214. The molecule has 4 nitrogen and oxygen atoms in total. The van der Waals surface area contributed by atoms with Gasteiger partial charge in [-0.25, -0.2) is 4.98 Å². The third kappa shape index (κ3) is 3.27. The van der Waals surface area contributed by atoms with E-state index < -0.39 is 11.7 Å². The van der Waals surface area contributed by atoms with Gasteiger partial charge in [0.1, 0.15) is 10.7 Å². The second-order valence-electron chi connectivity index (χ2n) is 5.02. The molecule has 0 aliphatic heterocycles. The Morgan fingerprint density at radius 3 is 2.67 bits per heavy atom. The van der Waals surface area contributed by atoms with Crippen LogP contribution in [0.4, 0.5) is 24.5 Å². The molecule has 0 unspecified atom stereocenters. The predicted molar refractivity (Wildman–Crippen MR) is 85.2 cm³/mol. The molecule has 0 radical (unpaired) electrons. The highest BCUT2D eigenvalue weighted by molar-refractivity contribution is 6.29. The van der Waals surface area contributed by atoms with E-state index in [-0.39, 0.29) is 17.4 Å². The van der Waals surface area contributed by atoms with Crippen LogP contribution in [-0.4, -0.2) is 15.1 Å². The lowest BCUT2D eigenvalue weighted by Gasteiger charge is -2.14. The lowest BCUT2D eigenvalue weighted by Crippen LogP contribution is -2.06. The van der Waals surface area contributed by atoms with Crippen molar-refractivity contribution in [2.45, 2.75) is 12.8 Å². The lowest BCUT2D eigenvalue weighted by molar-refractivity contribution is -0.137. The van der Waals surface area contributed by atoms with Crippen LogP contribution in [0.2, 0.25) is 5.15 Å². The van der Waals surface area contributed by atoms with Gasteiger partial charge in [-0.1, -0.05) is 17.7 Å². The molecule has 124 valence electrons. The number of fused-ring (bicyclic) bond motifs is 1. The summed E-state index contributed by atoms with van der Waals surface area (Å²) < 4.78 is 38.6. The van der Waals surface area contributed by atoms with Crippen LogP contribution in [-0.2, 0) is 12.8 Å². The van der Waals surface area contributed by atoms with Gasteiger partial charge in [-0.15, -0.1) is 0 Å². The summed E-state index contributed by atoms with van der Waals surface area (Å²) in [5.41, 5.74) is 1.08. The molecule has 0 bridgehead atoms. The van der Waals surface area contributed by atoms with Crippen LogP contribution >= 0.6 is 11.6 Å². The highest BCUT2D eigenvalue weighted by Gasteiger charge is 2.30. The number of anilines is 2. The van der Waals surface area contributed by atoms with Gasteiger partial charge in [0.05, 0.1) is 23.4 Å². The molecule has 2 heterocycles. The van der Waals surface area contributed by atoms with Crippen LogP contribution in [0.3, 0.4) is 0 Å². The van der Waals surface area contributed by atoms with Crippen LogP contribution in [0.1, 0.15) is 11.1 Å². The fraction of sp³-hybridized carbons (Fsp3) is 0.125. The number of hydrogen-bond acceptors (Lipinski definition) is 4. The Labute approximate surface area is 139 Å². The molecule has 3 rings (SSSR count). The number of aliphatic hydroxyl groups excluding tert-OH is 1. The quantitative estimate of drug-likeness (QED) is 0.679. The Morgan fingerprint density at radius 1 is 1.17 bits per heavy atom. The first-order chi connectivity index (χ1) is 11.4. The number of halogens is 4. The summed E-state index contributed by atoms with van der Waals surface area (Å²) in [7, 11) is 0. The van der Waals surface area contributed by atoms with Crippen molar-refractivity contribution in [1.82, 2.24) is 9.97 Å². The first kappa shape index (κ1) is 16.5. The summed E-state index contributed by atoms with van der Waals surface area (Å²) in [6, 6.07) is 7.96. The molecule has 2 N–H and O–H groups in total. The van der Waals surface area contributed by atoms with E-state index in [0.29, 0.717) is 22.3 Å². The van der Waals surface area contributed by atoms with Gasteiger partial charge in [0.25, 0.3) is 0 Å². The largest absolute Gasteiger partial charge is 0.416 e. The number of nitrogens with zero attached hydrogens (tertiary/aromatic N) is 2. The maximum atomic E-state index is 12.9. The normalized spacial score (nSPS) is 11.7. The number of alkyl halides is 3. The van der Waals surface area contributed by atoms with Crippen LogP contribution in [0.5, 0.6) is 0 Å². The summed E-state index contributed by atoms with van der Waals surface area (Å²) in [6.45, 7) is -0.349. The highest BCUT2D eigenvalue weighted by Crippen LogP contribution is 2.33. The zero-order chi connectivity index (χ0) is 17.3. The summed E-state index contributed by atoms with van der Waals surface area (Å²) in [5.74, 6) is 0. The zero-order valence-corrected chi connectivity index (χ0v) is 12.9. The minimum atomic E-state index is -4.45. The highest BCUT2D eigenvalue weighted by atomic mass is 35.5. The topological polar surface area (TPSA) is 58.0 Å². The van der Waals surface area contributed by atoms with Gasteiger partial charge < -0.3 is 10.4 Å². The molecule has 0 amide bonds. The van der Waals surface area contributed by atoms with Crippen LogP contribution in [0.25, 0.3) is 11.0 Å². The fourth-order valence-electron chi connectivity index (χ4n) is 2.26. The molecule has 0 spiro atoms. The number of nitrogens with one attached hydrogen (secondary N) is 1. The Hall–Kier alpha value is -2.38. The monoisotopic (exact) mass is 353 g/mol. The molecule has 0 saturated heterocycles. The summed E-state index contributed by atoms with van der Waals surface area (Å²) in [6.07, 6.45) is -3.01. The molecule has 3 aromatic rings. The second-order valence-corrected chi connectivity index (χ2v) is 5.41. The number of benzene rings is 1. The van der Waals surface area contributed by atoms with Crippen LogP contribution < -0.4 is 5.32 Å². The van der Waals surface area contributed by atoms with Gasteiger partial charge in [-0.2, -0.15) is 13.2 Å². The van der Waals surface area contributed by atoms with Crippen LogP contribution in [0.15, 0.2) is 42.6 Å². The van der Waals surface area contributed by atoms with E-state index in [4.69, 9.17) is 11.6 Å². The van der Waals surface area contributed by atoms with E-state index in [9.17, 15) is 18.3 Å². The third-order valence-electron chi connectivity index (χ3n) is 3.39. The Kier molecular flexibility index (Phi) is 4.29. The standard InChI is InChI=1S/C16H11ClF3N3O/c17-13-5-4-12-15(23-13)14(9(8-24)7-21-12)22-11-3-1-2-10(6-11)16(18,19)20/h1-7,24H,8H2,(H,21,22). The smallest absolute Gasteiger partial charge is 0.392 e. The van der Waals surface area contributed by atoms with Gasteiger partial charge in [-0.05, 0) is 30.3 Å². The third-order valence-corrected chi connectivity index (χ3v) is 3.60. The van der Waals surface area contributed by atoms with Gasteiger partial charge >= 0.3 is 6.18 Å². The van der Waals surface area contributed by atoms with E-state index >= 15 is 0 Å². The summed E-state index contributed by atoms with van der Waals surface area (Å²) in [5, 5.41) is 12.6. The van der Waals surface area contributed by atoms with Gasteiger partial charge in [0, 0.05) is 17.4 Å². The van der Waals surface area contributed by atoms with Crippen molar-refractivity contribution in [2.24, 2.45) is 0 Å². The Bertz CT molecular complexity index is 899. The molecular formula is C16H11ClF3N3O. The molecule has 1 aromatic carbocycles. The minimum Gasteiger partial charge on any atom is -0.392 e. The molecule has 0 atom stereocenters. The average molecular weight is 354 g/mol. The molecule has 2 aromatic heterocycles. The van der Waals surface area contributed by atoms with Crippen molar-refractivity contribution in [3.63, 3.8) is 0 Å². The number of rotatable bonds is 3. The maximum Gasteiger partial charge on any atom is 0.416 e. The molecular weight excluding hydrogens is 343 g/mol. The van der Waals surface area contributed by atoms with Crippen LogP contribution in [0, 0.1) is 0 Å². The molecule has 0 fully saturated rings. The van der Waals surface area contributed by atoms with E-state index in [1.165, 1.54) is 18.3 Å². The first-order valence-corrected chi connectivity index (χ1v) is 7.25. The predicted octanol–water partition coefficient (Wildman–Crippen LogP) is 4.54. The first-order valence-electron chi connectivity index (χ1n) is 6.88. The van der Waals surface area contributed by atoms with Crippen molar-refractivity contribution >= 4 is 34.0 Å². The van der Waals surface area contributed by atoms with E-state index in [1.807, 2.05) is 0 Å². The van der Waals surface area contributed by atoms with E-state index in [1.54, 1.807) is 12.1 Å². The van der Waals surface area contributed by atoms with E-state index in [2.05, 4.69) is 15.3 Å². The Balaban J connectivity index is 2.11. The van der Waals surface area contributed by atoms with Crippen molar-refractivity contribution in [1.29, 1.82) is 0 Å².